The summed E-state index contributed by atoms with van der Waals surface area (Å²) in [6, 6.07) is 5.72. The molecular formula is C12H14O3. The summed E-state index contributed by atoms with van der Waals surface area (Å²) in [5, 5.41) is 0. The monoisotopic (exact) mass is 206 g/mol. The lowest BCUT2D eigenvalue weighted by atomic mass is 9.87. The van der Waals surface area contributed by atoms with Crippen LogP contribution in [-0.4, -0.2) is 12.6 Å². The molecule has 0 atom stereocenters. The summed E-state index contributed by atoms with van der Waals surface area (Å²) in [6.07, 6.45) is 0. The van der Waals surface area contributed by atoms with Gasteiger partial charge in [-0.1, -0.05) is 26.8 Å². The Labute approximate surface area is 89.0 Å². The molecular weight excluding hydrogens is 192 g/mol. The first-order valence-electron chi connectivity index (χ1n) is 4.95. The minimum absolute atomic E-state index is 0.00185. The highest BCUT2D eigenvalue weighted by Crippen LogP contribution is 2.34. The SMILES string of the molecule is CC(C)(C)c1ccc2c(c1)OC(=O)CO2. The largest absolute Gasteiger partial charge is 0.478 e. The van der Waals surface area contributed by atoms with Crippen molar-refractivity contribution in [3.63, 3.8) is 0 Å². The first-order chi connectivity index (χ1) is 6.97. The van der Waals surface area contributed by atoms with E-state index in [0.717, 1.165) is 5.56 Å². The molecule has 80 valence electrons. The van der Waals surface area contributed by atoms with E-state index >= 15 is 0 Å². The van der Waals surface area contributed by atoms with Crippen LogP contribution >= 0.6 is 0 Å². The van der Waals surface area contributed by atoms with Crippen molar-refractivity contribution < 1.29 is 14.3 Å². The molecule has 1 aliphatic heterocycles. The van der Waals surface area contributed by atoms with Gasteiger partial charge in [0.15, 0.2) is 18.1 Å². The minimum Gasteiger partial charge on any atom is -0.478 e. The molecule has 0 bridgehead atoms. The molecule has 1 aromatic carbocycles. The zero-order valence-electron chi connectivity index (χ0n) is 9.16. The number of hydrogen-bond acceptors (Lipinski definition) is 3. The molecule has 3 nitrogen and oxygen atoms in total. The maximum absolute atomic E-state index is 11.0. The average molecular weight is 206 g/mol. The second-order valence-corrected chi connectivity index (χ2v) is 4.67. The van der Waals surface area contributed by atoms with E-state index in [1.54, 1.807) is 0 Å². The maximum atomic E-state index is 11.0. The molecule has 0 radical (unpaired) electrons. The zero-order chi connectivity index (χ0) is 11.1. The molecule has 1 aliphatic rings. The molecule has 0 spiro atoms. The summed E-state index contributed by atoms with van der Waals surface area (Å²) in [6.45, 7) is 6.34. The van der Waals surface area contributed by atoms with Gasteiger partial charge in [-0.3, -0.25) is 0 Å². The fourth-order valence-corrected chi connectivity index (χ4v) is 1.46. The van der Waals surface area contributed by atoms with Crippen LogP contribution in [0.15, 0.2) is 18.2 Å². The third-order valence-electron chi connectivity index (χ3n) is 2.38. The molecule has 0 unspecified atom stereocenters. The van der Waals surface area contributed by atoms with E-state index in [2.05, 4.69) is 20.8 Å². The Morgan fingerprint density at radius 1 is 1.20 bits per heavy atom. The Hall–Kier alpha value is -1.51. The fourth-order valence-electron chi connectivity index (χ4n) is 1.46. The van der Waals surface area contributed by atoms with Crippen molar-refractivity contribution >= 4 is 5.97 Å². The molecule has 0 N–H and O–H groups in total. The van der Waals surface area contributed by atoms with Crippen molar-refractivity contribution in [1.82, 2.24) is 0 Å². The second kappa shape index (κ2) is 3.26. The number of hydrogen-bond donors (Lipinski definition) is 0. The van der Waals surface area contributed by atoms with Crippen molar-refractivity contribution in [2.75, 3.05) is 6.61 Å². The number of carbonyl (C=O) groups is 1. The zero-order valence-corrected chi connectivity index (χ0v) is 9.16. The van der Waals surface area contributed by atoms with Crippen LogP contribution < -0.4 is 9.47 Å². The molecule has 0 saturated carbocycles. The maximum Gasteiger partial charge on any atom is 0.349 e. The topological polar surface area (TPSA) is 35.5 Å². The lowest BCUT2D eigenvalue weighted by molar-refractivity contribution is -0.138. The summed E-state index contributed by atoms with van der Waals surface area (Å²) in [5.41, 5.74) is 1.17. The Bertz CT molecular complexity index is 402. The Balaban J connectivity index is 2.41. The van der Waals surface area contributed by atoms with Gasteiger partial charge in [0.05, 0.1) is 0 Å². The summed E-state index contributed by atoms with van der Waals surface area (Å²) in [4.78, 5) is 11.0. The summed E-state index contributed by atoms with van der Waals surface area (Å²) < 4.78 is 10.3. The number of rotatable bonds is 0. The molecule has 0 fully saturated rings. The number of fused-ring (bicyclic) bond motifs is 1. The van der Waals surface area contributed by atoms with Gasteiger partial charge in [0.25, 0.3) is 0 Å². The van der Waals surface area contributed by atoms with Gasteiger partial charge in [-0.05, 0) is 23.1 Å². The van der Waals surface area contributed by atoms with Crippen LogP contribution in [0.2, 0.25) is 0 Å². The van der Waals surface area contributed by atoms with Crippen LogP contribution in [0.25, 0.3) is 0 Å². The number of carbonyl (C=O) groups excluding carboxylic acids is 1. The minimum atomic E-state index is -0.339. The third kappa shape index (κ3) is 1.96. The summed E-state index contributed by atoms with van der Waals surface area (Å²) in [5.74, 6) is 0.829. The van der Waals surface area contributed by atoms with E-state index in [1.165, 1.54) is 0 Å². The van der Waals surface area contributed by atoms with Crippen molar-refractivity contribution in [3.8, 4) is 11.5 Å². The smallest absolute Gasteiger partial charge is 0.349 e. The fraction of sp³-hybridized carbons (Fsp3) is 0.417. The Morgan fingerprint density at radius 2 is 1.93 bits per heavy atom. The Morgan fingerprint density at radius 3 is 2.60 bits per heavy atom. The lowest BCUT2D eigenvalue weighted by Gasteiger charge is -2.22. The van der Waals surface area contributed by atoms with E-state index < -0.39 is 0 Å². The number of esters is 1. The molecule has 2 rings (SSSR count). The Kier molecular flexibility index (Phi) is 2.18. The first-order valence-corrected chi connectivity index (χ1v) is 4.95. The average Bonchev–Trinajstić information content (AvgIpc) is 2.15. The highest BCUT2D eigenvalue weighted by Gasteiger charge is 2.21. The highest BCUT2D eigenvalue weighted by atomic mass is 16.6. The molecule has 1 aromatic rings. The van der Waals surface area contributed by atoms with E-state index in [4.69, 9.17) is 9.47 Å². The van der Waals surface area contributed by atoms with Gasteiger partial charge in [0.1, 0.15) is 0 Å². The standard InChI is InChI=1S/C12H14O3/c1-12(2,3)8-4-5-9-10(6-8)15-11(13)7-14-9/h4-6H,7H2,1-3H3. The predicted octanol–water partition coefficient (Wildman–Crippen LogP) is 2.28. The van der Waals surface area contributed by atoms with Gasteiger partial charge in [0, 0.05) is 0 Å². The molecule has 0 aliphatic carbocycles. The third-order valence-corrected chi connectivity index (χ3v) is 2.38. The number of ether oxygens (including phenoxy) is 2. The van der Waals surface area contributed by atoms with Gasteiger partial charge in [0.2, 0.25) is 0 Å². The molecule has 0 amide bonds. The van der Waals surface area contributed by atoms with Crippen molar-refractivity contribution in [2.45, 2.75) is 26.2 Å². The molecule has 1 heterocycles. The van der Waals surface area contributed by atoms with Gasteiger partial charge >= 0.3 is 5.97 Å². The van der Waals surface area contributed by atoms with Crippen LogP contribution in [0.1, 0.15) is 26.3 Å². The second-order valence-electron chi connectivity index (χ2n) is 4.67. The van der Waals surface area contributed by atoms with Crippen LogP contribution in [0, 0.1) is 0 Å². The van der Waals surface area contributed by atoms with E-state index in [1.807, 2.05) is 18.2 Å². The summed E-state index contributed by atoms with van der Waals surface area (Å²) >= 11 is 0. The lowest BCUT2D eigenvalue weighted by Crippen LogP contribution is -2.23. The van der Waals surface area contributed by atoms with E-state index in [0.29, 0.717) is 11.5 Å². The molecule has 15 heavy (non-hydrogen) atoms. The highest BCUT2D eigenvalue weighted by molar-refractivity contribution is 5.76. The molecule has 0 saturated heterocycles. The van der Waals surface area contributed by atoms with Crippen LogP contribution in [0.4, 0.5) is 0 Å². The molecule has 0 aromatic heterocycles. The molecule has 3 heteroatoms. The normalized spacial score (nSPS) is 15.3. The quantitative estimate of drug-likeness (QED) is 0.482. The first kappa shape index (κ1) is 10.0. The van der Waals surface area contributed by atoms with E-state index in [-0.39, 0.29) is 18.0 Å². The van der Waals surface area contributed by atoms with Crippen LogP contribution in [-0.2, 0) is 10.2 Å². The van der Waals surface area contributed by atoms with Crippen LogP contribution in [0.5, 0.6) is 11.5 Å². The van der Waals surface area contributed by atoms with Gasteiger partial charge < -0.3 is 9.47 Å². The summed E-state index contributed by atoms with van der Waals surface area (Å²) in [7, 11) is 0. The van der Waals surface area contributed by atoms with E-state index in [9.17, 15) is 4.79 Å². The number of benzene rings is 1. The predicted molar refractivity (Wildman–Crippen MR) is 56.3 cm³/mol. The van der Waals surface area contributed by atoms with Crippen molar-refractivity contribution in [2.24, 2.45) is 0 Å². The van der Waals surface area contributed by atoms with Crippen molar-refractivity contribution in [3.05, 3.63) is 23.8 Å². The van der Waals surface area contributed by atoms with Crippen molar-refractivity contribution in [1.29, 1.82) is 0 Å². The van der Waals surface area contributed by atoms with Gasteiger partial charge in [-0.25, -0.2) is 4.79 Å². The van der Waals surface area contributed by atoms with Gasteiger partial charge in [-0.15, -0.1) is 0 Å². The van der Waals surface area contributed by atoms with Gasteiger partial charge in [-0.2, -0.15) is 0 Å². The van der Waals surface area contributed by atoms with Crippen LogP contribution in [0.3, 0.4) is 0 Å².